The Morgan fingerprint density at radius 2 is 0.609 bits per heavy atom. The molecule has 0 spiro atoms. The van der Waals surface area contributed by atoms with Crippen molar-refractivity contribution in [1.29, 1.82) is 0 Å². The fourth-order valence-electron chi connectivity index (χ4n) is 7.45. The fourth-order valence-corrected chi connectivity index (χ4v) is 7.45. The van der Waals surface area contributed by atoms with Crippen LogP contribution in [0.2, 0.25) is 0 Å². The molecular formula is C58H100O6. The summed E-state index contributed by atoms with van der Waals surface area (Å²) in [5.41, 5.74) is 0. The van der Waals surface area contributed by atoms with Crippen LogP contribution in [0.3, 0.4) is 0 Å². The van der Waals surface area contributed by atoms with Crippen LogP contribution in [0.25, 0.3) is 0 Å². The second-order valence-electron chi connectivity index (χ2n) is 17.8. The molecule has 0 saturated carbocycles. The van der Waals surface area contributed by atoms with Gasteiger partial charge in [-0.1, -0.05) is 241 Å². The number of allylic oxidation sites excluding steroid dienone is 12. The highest BCUT2D eigenvalue weighted by Crippen LogP contribution is 2.16. The van der Waals surface area contributed by atoms with Gasteiger partial charge >= 0.3 is 17.9 Å². The lowest BCUT2D eigenvalue weighted by atomic mass is 10.0. The minimum absolute atomic E-state index is 0.0885. The third kappa shape index (κ3) is 49.9. The van der Waals surface area contributed by atoms with Crippen LogP contribution >= 0.6 is 0 Å². The Morgan fingerprint density at radius 3 is 0.953 bits per heavy atom. The Bertz CT molecular complexity index is 1210. The summed E-state index contributed by atoms with van der Waals surface area (Å²) in [6.07, 6.45) is 66.5. The normalized spacial score (nSPS) is 12.6. The second kappa shape index (κ2) is 52.5. The number of hydrogen-bond acceptors (Lipinski definition) is 6. The van der Waals surface area contributed by atoms with E-state index in [1.54, 1.807) is 0 Å². The zero-order chi connectivity index (χ0) is 46.5. The van der Waals surface area contributed by atoms with Gasteiger partial charge in [0.2, 0.25) is 0 Å². The second-order valence-corrected chi connectivity index (χ2v) is 17.8. The molecule has 0 rings (SSSR count). The number of unbranched alkanes of at least 4 members (excludes halogenated alkanes) is 25. The maximum absolute atomic E-state index is 12.8. The predicted octanol–water partition coefficient (Wildman–Crippen LogP) is 17.8. The molecule has 0 aromatic carbocycles. The molecule has 368 valence electrons. The first kappa shape index (κ1) is 60.9. The van der Waals surface area contributed by atoms with Crippen LogP contribution < -0.4 is 0 Å². The molecule has 0 aromatic rings. The molecular weight excluding hydrogens is 793 g/mol. The van der Waals surface area contributed by atoms with Gasteiger partial charge in [-0.2, -0.15) is 0 Å². The van der Waals surface area contributed by atoms with Crippen LogP contribution in [-0.4, -0.2) is 37.2 Å². The van der Waals surface area contributed by atoms with E-state index in [1.165, 1.54) is 116 Å². The van der Waals surface area contributed by atoms with E-state index in [0.29, 0.717) is 19.3 Å². The van der Waals surface area contributed by atoms with Gasteiger partial charge < -0.3 is 14.2 Å². The van der Waals surface area contributed by atoms with Crippen LogP contribution in [0.4, 0.5) is 0 Å². The summed E-state index contributed by atoms with van der Waals surface area (Å²) in [7, 11) is 0. The lowest BCUT2D eigenvalue weighted by Crippen LogP contribution is -2.30. The summed E-state index contributed by atoms with van der Waals surface area (Å²) >= 11 is 0. The van der Waals surface area contributed by atoms with Gasteiger partial charge in [0.25, 0.3) is 0 Å². The number of hydrogen-bond donors (Lipinski definition) is 0. The van der Waals surface area contributed by atoms with Crippen molar-refractivity contribution < 1.29 is 28.6 Å². The van der Waals surface area contributed by atoms with E-state index in [2.05, 4.69) is 93.7 Å². The number of carbonyl (C=O) groups excluding carboxylic acids is 3. The van der Waals surface area contributed by atoms with E-state index >= 15 is 0 Å². The summed E-state index contributed by atoms with van der Waals surface area (Å²) in [4.78, 5) is 37.7. The zero-order valence-corrected chi connectivity index (χ0v) is 42.0. The minimum Gasteiger partial charge on any atom is -0.462 e. The molecule has 0 heterocycles. The van der Waals surface area contributed by atoms with E-state index in [1.807, 2.05) is 0 Å². The van der Waals surface area contributed by atoms with Crippen LogP contribution in [0.15, 0.2) is 72.9 Å². The average molecular weight is 893 g/mol. The lowest BCUT2D eigenvalue weighted by molar-refractivity contribution is -0.167. The highest BCUT2D eigenvalue weighted by molar-refractivity contribution is 5.71. The van der Waals surface area contributed by atoms with Crippen molar-refractivity contribution in [3.63, 3.8) is 0 Å². The van der Waals surface area contributed by atoms with Crippen LogP contribution in [0, 0.1) is 0 Å². The molecule has 0 saturated heterocycles. The SMILES string of the molecule is CC/C=C\C/C=C\C/C=C\C/C=C\C/C=C\C/C=C\CCCCC(=O)OCC(COC(=O)CCCCCCC)OC(=O)CCCCCCCCCCCCCCCCCCCCCC. The molecule has 0 aliphatic heterocycles. The molecule has 0 N–H and O–H groups in total. The molecule has 0 fully saturated rings. The van der Waals surface area contributed by atoms with Crippen LogP contribution in [0.5, 0.6) is 0 Å². The van der Waals surface area contributed by atoms with Crippen molar-refractivity contribution in [3.8, 4) is 0 Å². The van der Waals surface area contributed by atoms with Crippen molar-refractivity contribution in [2.75, 3.05) is 13.2 Å². The minimum atomic E-state index is -0.788. The summed E-state index contributed by atoms with van der Waals surface area (Å²) in [5, 5.41) is 0. The Labute approximate surface area is 395 Å². The lowest BCUT2D eigenvalue weighted by Gasteiger charge is -2.18. The van der Waals surface area contributed by atoms with Crippen molar-refractivity contribution in [1.82, 2.24) is 0 Å². The fraction of sp³-hybridized carbons (Fsp3) is 0.741. The van der Waals surface area contributed by atoms with Gasteiger partial charge in [0.05, 0.1) is 0 Å². The molecule has 6 heteroatoms. The number of carbonyl (C=O) groups is 3. The van der Waals surface area contributed by atoms with Crippen molar-refractivity contribution in [2.45, 2.75) is 264 Å². The molecule has 0 radical (unpaired) electrons. The maximum Gasteiger partial charge on any atom is 0.306 e. The number of rotatable bonds is 48. The van der Waals surface area contributed by atoms with Crippen LogP contribution in [-0.2, 0) is 28.6 Å². The summed E-state index contributed by atoms with van der Waals surface area (Å²) < 4.78 is 16.7. The van der Waals surface area contributed by atoms with Gasteiger partial charge in [-0.05, 0) is 70.6 Å². The molecule has 1 atom stereocenters. The first-order valence-corrected chi connectivity index (χ1v) is 26.9. The molecule has 64 heavy (non-hydrogen) atoms. The topological polar surface area (TPSA) is 78.9 Å². The smallest absolute Gasteiger partial charge is 0.306 e. The molecule has 6 nitrogen and oxygen atoms in total. The average Bonchev–Trinajstić information content (AvgIpc) is 3.29. The maximum atomic E-state index is 12.8. The quantitative estimate of drug-likeness (QED) is 0.0262. The third-order valence-corrected chi connectivity index (χ3v) is 11.5. The van der Waals surface area contributed by atoms with Gasteiger partial charge in [-0.25, -0.2) is 0 Å². The Morgan fingerprint density at radius 1 is 0.328 bits per heavy atom. The van der Waals surface area contributed by atoms with E-state index < -0.39 is 6.10 Å². The van der Waals surface area contributed by atoms with Gasteiger partial charge in [-0.15, -0.1) is 0 Å². The Balaban J connectivity index is 4.21. The van der Waals surface area contributed by atoms with Crippen molar-refractivity contribution in [3.05, 3.63) is 72.9 Å². The van der Waals surface area contributed by atoms with E-state index in [0.717, 1.165) is 103 Å². The van der Waals surface area contributed by atoms with E-state index in [4.69, 9.17) is 14.2 Å². The van der Waals surface area contributed by atoms with Gasteiger partial charge in [0.15, 0.2) is 6.10 Å². The van der Waals surface area contributed by atoms with Gasteiger partial charge in [0, 0.05) is 19.3 Å². The molecule has 0 aliphatic rings. The first-order chi connectivity index (χ1) is 31.5. The standard InChI is InChI=1S/C58H100O6/c1-4-7-10-13-15-17-19-21-23-25-27-29-31-32-34-36-38-40-42-45-48-51-57(60)63-54-55(53-62-56(59)50-47-44-12-9-6-3)64-58(61)52-49-46-43-41-39-37-35-33-30-28-26-24-22-20-18-16-14-11-8-5-2/h7,10,15,17,21,23,27,29,32,34,38,40,55H,4-6,8-9,11-14,16,18-20,22,24-26,28,30-31,33,35-37,39,41-54H2,1-3H3/b10-7-,17-15-,23-21-,29-27-,34-32-,40-38-. The van der Waals surface area contributed by atoms with Gasteiger partial charge in [0.1, 0.15) is 13.2 Å². The highest BCUT2D eigenvalue weighted by Gasteiger charge is 2.19. The Kier molecular flexibility index (Phi) is 49.9. The Hall–Kier alpha value is -3.15. The van der Waals surface area contributed by atoms with Crippen molar-refractivity contribution >= 4 is 17.9 Å². The first-order valence-electron chi connectivity index (χ1n) is 26.9. The highest BCUT2D eigenvalue weighted by atomic mass is 16.6. The third-order valence-electron chi connectivity index (χ3n) is 11.5. The summed E-state index contributed by atoms with van der Waals surface area (Å²) in [6, 6.07) is 0. The molecule has 0 aromatic heterocycles. The largest absolute Gasteiger partial charge is 0.462 e. The summed E-state index contributed by atoms with van der Waals surface area (Å²) in [6.45, 7) is 6.42. The summed E-state index contributed by atoms with van der Waals surface area (Å²) in [5.74, 6) is -0.942. The molecule has 0 bridgehead atoms. The van der Waals surface area contributed by atoms with E-state index in [9.17, 15) is 14.4 Å². The zero-order valence-electron chi connectivity index (χ0n) is 42.0. The molecule has 1 unspecified atom stereocenters. The number of ether oxygens (including phenoxy) is 3. The molecule has 0 amide bonds. The molecule has 0 aliphatic carbocycles. The van der Waals surface area contributed by atoms with E-state index in [-0.39, 0.29) is 31.1 Å². The predicted molar refractivity (Wildman–Crippen MR) is 274 cm³/mol. The van der Waals surface area contributed by atoms with Gasteiger partial charge in [-0.3, -0.25) is 14.4 Å². The monoisotopic (exact) mass is 893 g/mol. The number of esters is 3. The van der Waals surface area contributed by atoms with Crippen molar-refractivity contribution in [2.24, 2.45) is 0 Å². The van der Waals surface area contributed by atoms with Crippen LogP contribution in [0.1, 0.15) is 258 Å².